The third kappa shape index (κ3) is 4.63. The summed E-state index contributed by atoms with van der Waals surface area (Å²) in [6.45, 7) is 5.32. The van der Waals surface area contributed by atoms with E-state index >= 15 is 0 Å². The molecule has 0 aliphatic rings. The van der Waals surface area contributed by atoms with E-state index in [1.807, 2.05) is 57.2 Å². The maximum absolute atomic E-state index is 13.2. The lowest BCUT2D eigenvalue weighted by molar-refractivity contribution is 0.0979. The van der Waals surface area contributed by atoms with Gasteiger partial charge in [0.1, 0.15) is 11.3 Å². The number of hydrogen-bond donors (Lipinski definition) is 0. The van der Waals surface area contributed by atoms with Crippen LogP contribution in [-0.4, -0.2) is 59.9 Å². The highest BCUT2D eigenvalue weighted by Gasteiger charge is 2.24. The second-order valence-electron chi connectivity index (χ2n) is 6.84. The molecule has 7 nitrogen and oxygen atoms in total. The van der Waals surface area contributed by atoms with Gasteiger partial charge < -0.3 is 9.64 Å². The summed E-state index contributed by atoms with van der Waals surface area (Å²) in [5, 5.41) is 5.09. The highest BCUT2D eigenvalue weighted by molar-refractivity contribution is 7.22. The van der Waals surface area contributed by atoms with Crippen LogP contribution in [-0.2, 0) is 0 Å². The summed E-state index contributed by atoms with van der Waals surface area (Å²) in [5.41, 5.74) is 1.20. The highest BCUT2D eigenvalue weighted by Crippen LogP contribution is 2.34. The number of likely N-dealkylation sites (N-methyl/N-ethyl adjacent to an activating group) is 1. The number of amides is 1. The summed E-state index contributed by atoms with van der Waals surface area (Å²) in [4.78, 5) is 21.6. The van der Waals surface area contributed by atoms with Crippen LogP contribution < -0.4 is 9.64 Å². The average Bonchev–Trinajstić information content (AvgIpc) is 3.28. The number of rotatable bonds is 7. The van der Waals surface area contributed by atoms with E-state index < -0.39 is 0 Å². The van der Waals surface area contributed by atoms with E-state index in [9.17, 15) is 4.79 Å². The molecule has 2 heterocycles. The zero-order valence-corrected chi connectivity index (χ0v) is 18.4. The summed E-state index contributed by atoms with van der Waals surface area (Å²) in [6.07, 6.45) is 1.84. The minimum Gasteiger partial charge on any atom is -0.494 e. The molecule has 0 radical (unpaired) electrons. The lowest BCUT2D eigenvalue weighted by atomic mass is 10.3. The Morgan fingerprint density at radius 3 is 2.61 bits per heavy atom. The Labute approximate surface area is 175 Å². The largest absolute Gasteiger partial charge is 0.494 e. The molecule has 0 atom stereocenters. The van der Waals surface area contributed by atoms with Crippen LogP contribution in [0.2, 0.25) is 0 Å². The number of benzene rings is 1. The van der Waals surface area contributed by atoms with E-state index in [2.05, 4.69) is 5.10 Å². The number of thiazole rings is 1. The van der Waals surface area contributed by atoms with Gasteiger partial charge in [-0.1, -0.05) is 17.4 Å². The van der Waals surface area contributed by atoms with Crippen molar-refractivity contribution in [1.29, 1.82) is 0 Å². The predicted octanol–water partition coefficient (Wildman–Crippen LogP) is 3.71. The normalized spacial score (nSPS) is 11.1. The maximum Gasteiger partial charge on any atom is 0.280 e. The number of methoxy groups -OCH3 is 1. The van der Waals surface area contributed by atoms with Crippen molar-refractivity contribution in [3.8, 4) is 5.75 Å². The van der Waals surface area contributed by atoms with Gasteiger partial charge in [0.15, 0.2) is 10.8 Å². The van der Waals surface area contributed by atoms with Crippen molar-refractivity contribution in [2.75, 3.05) is 39.2 Å². The number of carbonyl (C=O) groups is 1. The molecule has 3 rings (SSSR count). The topological polar surface area (TPSA) is 63.5 Å². The number of carbonyl (C=O) groups excluding carboxylic acids is 1. The summed E-state index contributed by atoms with van der Waals surface area (Å²) >= 11 is 1.48. The molecule has 0 N–H and O–H groups in total. The molecule has 0 aliphatic heterocycles. The Morgan fingerprint density at radius 1 is 1.25 bits per heavy atom. The van der Waals surface area contributed by atoms with Gasteiger partial charge in [-0.05, 0) is 46.1 Å². The molecular formula is C19H26ClN5O2S. The molecule has 3 aromatic rings. The number of hydrogen-bond acceptors (Lipinski definition) is 6. The Hall–Kier alpha value is -2.16. The van der Waals surface area contributed by atoms with Crippen molar-refractivity contribution >= 4 is 45.0 Å². The minimum absolute atomic E-state index is 0. The summed E-state index contributed by atoms with van der Waals surface area (Å²) in [6, 6.07) is 7.76. The summed E-state index contributed by atoms with van der Waals surface area (Å²) < 4.78 is 8.19. The molecule has 0 fully saturated rings. The SMILES string of the molecule is COc1cccc2sc(N(CCN(C)C)C(=O)c3ccn(C(C)C)n3)nc12.Cl. The van der Waals surface area contributed by atoms with E-state index in [1.54, 1.807) is 22.8 Å². The molecule has 0 bridgehead atoms. The molecule has 152 valence electrons. The zero-order valence-electron chi connectivity index (χ0n) is 16.7. The molecular weight excluding hydrogens is 398 g/mol. The van der Waals surface area contributed by atoms with Gasteiger partial charge in [0, 0.05) is 25.3 Å². The van der Waals surface area contributed by atoms with Crippen molar-refractivity contribution in [3.63, 3.8) is 0 Å². The first-order valence-corrected chi connectivity index (χ1v) is 9.67. The number of anilines is 1. The van der Waals surface area contributed by atoms with E-state index in [1.165, 1.54) is 11.3 Å². The third-order valence-corrected chi connectivity index (χ3v) is 5.24. The maximum atomic E-state index is 13.2. The van der Waals surface area contributed by atoms with Gasteiger partial charge >= 0.3 is 0 Å². The van der Waals surface area contributed by atoms with E-state index in [0.717, 1.165) is 16.8 Å². The van der Waals surface area contributed by atoms with Crippen LogP contribution in [0, 0.1) is 0 Å². The van der Waals surface area contributed by atoms with Crippen molar-refractivity contribution in [2.24, 2.45) is 0 Å². The number of ether oxygens (including phenoxy) is 1. The third-order valence-electron chi connectivity index (χ3n) is 4.19. The first-order valence-electron chi connectivity index (χ1n) is 8.86. The molecule has 1 amide bonds. The number of halogens is 1. The van der Waals surface area contributed by atoms with Gasteiger partial charge in [-0.3, -0.25) is 14.4 Å². The average molecular weight is 424 g/mol. The smallest absolute Gasteiger partial charge is 0.280 e. The molecule has 0 saturated carbocycles. The number of aromatic nitrogens is 3. The van der Waals surface area contributed by atoms with Crippen molar-refractivity contribution in [3.05, 3.63) is 36.2 Å². The highest BCUT2D eigenvalue weighted by atomic mass is 35.5. The van der Waals surface area contributed by atoms with Crippen LogP contribution in [0.25, 0.3) is 10.2 Å². The fourth-order valence-electron chi connectivity index (χ4n) is 2.65. The summed E-state index contributed by atoms with van der Waals surface area (Å²) in [5.74, 6) is 0.563. The second kappa shape index (κ2) is 9.36. The Morgan fingerprint density at radius 2 is 2.00 bits per heavy atom. The fourth-order valence-corrected chi connectivity index (χ4v) is 3.66. The van der Waals surface area contributed by atoms with Gasteiger partial charge in [0.2, 0.25) is 0 Å². The predicted molar refractivity (Wildman–Crippen MR) is 116 cm³/mol. The van der Waals surface area contributed by atoms with Crippen molar-refractivity contribution < 1.29 is 9.53 Å². The van der Waals surface area contributed by atoms with Crippen molar-refractivity contribution in [1.82, 2.24) is 19.7 Å². The molecule has 0 unspecified atom stereocenters. The first kappa shape index (κ1) is 22.1. The Bertz CT molecular complexity index is 937. The second-order valence-corrected chi connectivity index (χ2v) is 7.85. The Kier molecular flexibility index (Phi) is 7.40. The summed E-state index contributed by atoms with van der Waals surface area (Å²) in [7, 11) is 5.59. The van der Waals surface area contributed by atoms with Gasteiger partial charge in [0.05, 0.1) is 11.8 Å². The molecule has 1 aromatic carbocycles. The monoisotopic (exact) mass is 423 g/mol. The van der Waals surface area contributed by atoms with E-state index in [0.29, 0.717) is 23.1 Å². The van der Waals surface area contributed by atoms with E-state index in [-0.39, 0.29) is 24.4 Å². The fraction of sp³-hybridized carbons (Fsp3) is 0.421. The molecule has 0 spiro atoms. The van der Waals surface area contributed by atoms with Crippen LogP contribution in [0.1, 0.15) is 30.4 Å². The molecule has 9 heteroatoms. The van der Waals surface area contributed by atoms with Crippen LogP contribution in [0.3, 0.4) is 0 Å². The zero-order chi connectivity index (χ0) is 19.6. The number of fused-ring (bicyclic) bond motifs is 1. The van der Waals surface area contributed by atoms with Crippen LogP contribution in [0.15, 0.2) is 30.5 Å². The molecule has 0 aliphatic carbocycles. The first-order chi connectivity index (χ1) is 12.9. The lowest BCUT2D eigenvalue weighted by Crippen LogP contribution is -2.37. The number of para-hydroxylation sites is 1. The lowest BCUT2D eigenvalue weighted by Gasteiger charge is -2.21. The molecule has 28 heavy (non-hydrogen) atoms. The van der Waals surface area contributed by atoms with Gasteiger partial charge in [0.25, 0.3) is 5.91 Å². The standard InChI is InChI=1S/C19H25N5O2S.ClH/c1-13(2)24-10-9-14(21-24)18(25)23(12-11-22(3)4)19-20-17-15(26-5)7-6-8-16(17)27-19;/h6-10,13H,11-12H2,1-5H3;1H. The number of nitrogens with zero attached hydrogens (tertiary/aromatic N) is 5. The van der Waals surface area contributed by atoms with Gasteiger partial charge in [-0.25, -0.2) is 4.98 Å². The quantitative estimate of drug-likeness (QED) is 0.579. The van der Waals surface area contributed by atoms with Crippen LogP contribution in [0.4, 0.5) is 5.13 Å². The Balaban J connectivity index is 0.00000280. The molecule has 2 aromatic heterocycles. The van der Waals surface area contributed by atoms with Crippen LogP contribution >= 0.6 is 23.7 Å². The van der Waals surface area contributed by atoms with E-state index in [4.69, 9.17) is 9.72 Å². The van der Waals surface area contributed by atoms with Crippen LogP contribution in [0.5, 0.6) is 5.75 Å². The van der Waals surface area contributed by atoms with Crippen molar-refractivity contribution in [2.45, 2.75) is 19.9 Å². The molecule has 0 saturated heterocycles. The van der Waals surface area contributed by atoms with Gasteiger partial charge in [-0.15, -0.1) is 12.4 Å². The van der Waals surface area contributed by atoms with Gasteiger partial charge in [-0.2, -0.15) is 5.10 Å². The minimum atomic E-state index is -0.144.